The maximum Gasteiger partial charge on any atom is 0.306 e. The Bertz CT molecular complexity index is 500. The molecule has 1 heterocycles. The summed E-state index contributed by atoms with van der Waals surface area (Å²) in [4.78, 5) is 26.0. The highest BCUT2D eigenvalue weighted by Gasteiger charge is 2.33. The Balaban J connectivity index is 1.95. The van der Waals surface area contributed by atoms with Crippen LogP contribution in [0.4, 0.5) is 0 Å². The first-order chi connectivity index (χ1) is 10.6. The fourth-order valence-corrected chi connectivity index (χ4v) is 3.19. The molecule has 22 heavy (non-hydrogen) atoms. The summed E-state index contributed by atoms with van der Waals surface area (Å²) in [5.41, 5.74) is 1.26. The summed E-state index contributed by atoms with van der Waals surface area (Å²) >= 11 is 0. The normalized spacial score (nSPS) is 22.3. The third-order valence-electron chi connectivity index (χ3n) is 4.35. The van der Waals surface area contributed by atoms with Gasteiger partial charge in [0.25, 0.3) is 0 Å². The maximum atomic E-state index is 12.0. The number of carbonyl (C=O) groups excluding carboxylic acids is 2. The number of piperidine rings is 1. The van der Waals surface area contributed by atoms with Crippen LogP contribution >= 0.6 is 0 Å². The summed E-state index contributed by atoms with van der Waals surface area (Å²) in [5, 5.41) is 0. The van der Waals surface area contributed by atoms with Gasteiger partial charge in [-0.25, -0.2) is 0 Å². The highest BCUT2D eigenvalue weighted by Crippen LogP contribution is 2.28. The highest BCUT2D eigenvalue weighted by molar-refractivity contribution is 5.80. The molecule has 0 saturated carbocycles. The molecule has 1 aromatic carbocycles. The average molecular weight is 303 g/mol. The van der Waals surface area contributed by atoms with E-state index in [1.807, 2.05) is 25.1 Å². The first-order valence-corrected chi connectivity index (χ1v) is 8.02. The van der Waals surface area contributed by atoms with E-state index >= 15 is 0 Å². The third kappa shape index (κ3) is 4.67. The molecule has 0 aliphatic carbocycles. The number of esters is 1. The summed E-state index contributed by atoms with van der Waals surface area (Å²) in [5.74, 6) is 0.0350. The van der Waals surface area contributed by atoms with Crippen LogP contribution in [-0.2, 0) is 20.9 Å². The number of Topliss-reactive ketones (excluding diaryl/α,β-unsaturated/α-hetero) is 1. The Morgan fingerprint density at radius 3 is 2.64 bits per heavy atom. The topological polar surface area (TPSA) is 46.6 Å². The van der Waals surface area contributed by atoms with E-state index < -0.39 is 0 Å². The van der Waals surface area contributed by atoms with Gasteiger partial charge in [-0.2, -0.15) is 0 Å². The molecule has 2 rings (SSSR count). The first-order valence-electron chi connectivity index (χ1n) is 8.02. The highest BCUT2D eigenvalue weighted by atomic mass is 16.5. The molecule has 0 bridgehead atoms. The van der Waals surface area contributed by atoms with E-state index in [0.29, 0.717) is 13.0 Å². The van der Waals surface area contributed by atoms with Crippen LogP contribution in [0.25, 0.3) is 0 Å². The summed E-state index contributed by atoms with van der Waals surface area (Å²) in [7, 11) is 0. The van der Waals surface area contributed by atoms with Crippen LogP contribution < -0.4 is 0 Å². The second kappa shape index (κ2) is 8.08. The van der Waals surface area contributed by atoms with Crippen molar-refractivity contribution in [2.45, 2.75) is 33.2 Å². The smallest absolute Gasteiger partial charge is 0.306 e. The monoisotopic (exact) mass is 303 g/mol. The van der Waals surface area contributed by atoms with Crippen LogP contribution in [-0.4, -0.2) is 36.3 Å². The molecular formula is C18H25NO3. The van der Waals surface area contributed by atoms with Crippen LogP contribution in [0, 0.1) is 11.8 Å². The minimum Gasteiger partial charge on any atom is -0.466 e. The van der Waals surface area contributed by atoms with Crippen molar-refractivity contribution in [2.24, 2.45) is 11.8 Å². The van der Waals surface area contributed by atoms with Crippen molar-refractivity contribution in [3.63, 3.8) is 0 Å². The summed E-state index contributed by atoms with van der Waals surface area (Å²) < 4.78 is 5.03. The van der Waals surface area contributed by atoms with Gasteiger partial charge in [-0.1, -0.05) is 30.3 Å². The molecule has 1 saturated heterocycles. The number of rotatable bonds is 6. The quantitative estimate of drug-likeness (QED) is 0.758. The van der Waals surface area contributed by atoms with E-state index in [1.165, 1.54) is 5.56 Å². The van der Waals surface area contributed by atoms with E-state index in [-0.39, 0.29) is 23.6 Å². The van der Waals surface area contributed by atoms with Crippen molar-refractivity contribution < 1.29 is 14.3 Å². The maximum absolute atomic E-state index is 12.0. The third-order valence-corrected chi connectivity index (χ3v) is 4.35. The molecule has 4 nitrogen and oxygen atoms in total. The number of nitrogens with zero attached hydrogens (tertiary/aromatic N) is 1. The van der Waals surface area contributed by atoms with E-state index in [4.69, 9.17) is 4.74 Å². The summed E-state index contributed by atoms with van der Waals surface area (Å²) in [6, 6.07) is 10.3. The number of benzene rings is 1. The second-order valence-corrected chi connectivity index (χ2v) is 6.00. The minimum absolute atomic E-state index is 0.0677. The van der Waals surface area contributed by atoms with Crippen LogP contribution in [0.15, 0.2) is 30.3 Å². The molecule has 1 aromatic rings. The van der Waals surface area contributed by atoms with Gasteiger partial charge in [0.1, 0.15) is 5.78 Å². The van der Waals surface area contributed by atoms with Gasteiger partial charge in [-0.05, 0) is 38.3 Å². The number of likely N-dealkylation sites (tertiary alicyclic amines) is 1. The Morgan fingerprint density at radius 2 is 2.00 bits per heavy atom. The molecule has 1 aliphatic rings. The zero-order valence-corrected chi connectivity index (χ0v) is 13.5. The zero-order valence-electron chi connectivity index (χ0n) is 13.5. The first kappa shape index (κ1) is 16.7. The predicted octanol–water partition coefficient (Wildman–Crippen LogP) is 2.67. The number of ketones is 1. The molecule has 0 N–H and O–H groups in total. The van der Waals surface area contributed by atoms with Gasteiger partial charge in [0, 0.05) is 25.4 Å². The lowest BCUT2D eigenvalue weighted by molar-refractivity contribution is -0.145. The van der Waals surface area contributed by atoms with Crippen molar-refractivity contribution in [1.29, 1.82) is 0 Å². The molecular weight excluding hydrogens is 278 g/mol. The van der Waals surface area contributed by atoms with E-state index in [2.05, 4.69) is 17.0 Å². The van der Waals surface area contributed by atoms with Crippen molar-refractivity contribution in [2.75, 3.05) is 19.7 Å². The van der Waals surface area contributed by atoms with Gasteiger partial charge in [0.15, 0.2) is 0 Å². The molecule has 120 valence electrons. The Morgan fingerprint density at radius 1 is 1.27 bits per heavy atom. The average Bonchev–Trinajstić information content (AvgIpc) is 2.50. The molecule has 4 heteroatoms. The van der Waals surface area contributed by atoms with Crippen molar-refractivity contribution in [1.82, 2.24) is 4.90 Å². The number of ether oxygens (including phenoxy) is 1. The Hall–Kier alpha value is -1.68. The number of hydrogen-bond acceptors (Lipinski definition) is 4. The molecule has 0 unspecified atom stereocenters. The fraction of sp³-hybridized carbons (Fsp3) is 0.556. The van der Waals surface area contributed by atoms with Crippen LogP contribution in [0.1, 0.15) is 32.3 Å². The molecule has 2 atom stereocenters. The van der Waals surface area contributed by atoms with E-state index in [0.717, 1.165) is 26.1 Å². The van der Waals surface area contributed by atoms with Crippen LogP contribution in [0.3, 0.4) is 0 Å². The SMILES string of the molecule is CCOC(=O)C[C@H]1CCN(Cc2ccccc2)C[C@@H]1C(C)=O. The van der Waals surface area contributed by atoms with Crippen molar-refractivity contribution in [3.8, 4) is 0 Å². The number of hydrogen-bond donors (Lipinski definition) is 0. The Labute approximate surface area is 132 Å². The van der Waals surface area contributed by atoms with Crippen molar-refractivity contribution in [3.05, 3.63) is 35.9 Å². The lowest BCUT2D eigenvalue weighted by Gasteiger charge is -2.37. The predicted molar refractivity (Wildman–Crippen MR) is 85.2 cm³/mol. The van der Waals surface area contributed by atoms with E-state index in [1.54, 1.807) is 6.92 Å². The lowest BCUT2D eigenvalue weighted by atomic mass is 9.81. The minimum atomic E-state index is -0.185. The van der Waals surface area contributed by atoms with E-state index in [9.17, 15) is 9.59 Å². The van der Waals surface area contributed by atoms with Gasteiger partial charge in [0.2, 0.25) is 0 Å². The zero-order chi connectivity index (χ0) is 15.9. The van der Waals surface area contributed by atoms with Gasteiger partial charge >= 0.3 is 5.97 Å². The molecule has 0 radical (unpaired) electrons. The van der Waals surface area contributed by atoms with Gasteiger partial charge in [-0.15, -0.1) is 0 Å². The molecule has 0 aromatic heterocycles. The standard InChI is InChI=1S/C18H25NO3/c1-3-22-18(21)11-16-9-10-19(13-17(16)14(2)20)12-15-7-5-4-6-8-15/h4-8,16-17H,3,9-13H2,1-2H3/t16-,17-/m1/s1. The fourth-order valence-electron chi connectivity index (χ4n) is 3.19. The van der Waals surface area contributed by atoms with Gasteiger partial charge in [-0.3, -0.25) is 14.5 Å². The summed E-state index contributed by atoms with van der Waals surface area (Å²) in [6.45, 7) is 6.35. The molecule has 1 fully saturated rings. The van der Waals surface area contributed by atoms with Gasteiger partial charge < -0.3 is 4.74 Å². The van der Waals surface area contributed by atoms with Crippen molar-refractivity contribution >= 4 is 11.8 Å². The molecule has 0 amide bonds. The second-order valence-electron chi connectivity index (χ2n) is 6.00. The summed E-state index contributed by atoms with van der Waals surface area (Å²) in [6.07, 6.45) is 1.23. The largest absolute Gasteiger partial charge is 0.466 e. The molecule has 1 aliphatic heterocycles. The van der Waals surface area contributed by atoms with Crippen LogP contribution in [0.5, 0.6) is 0 Å². The van der Waals surface area contributed by atoms with Crippen LogP contribution in [0.2, 0.25) is 0 Å². The lowest BCUT2D eigenvalue weighted by Crippen LogP contribution is -2.43. The number of carbonyl (C=O) groups is 2. The Kier molecular flexibility index (Phi) is 6.13. The van der Waals surface area contributed by atoms with Gasteiger partial charge in [0.05, 0.1) is 6.61 Å². The molecule has 0 spiro atoms.